The smallest absolute Gasteiger partial charge is 0.191 e. The van der Waals surface area contributed by atoms with E-state index in [1.54, 1.807) is 11.8 Å². The molecule has 3 heterocycles. The fraction of sp³-hybridized carbons (Fsp3) is 0.364. The summed E-state index contributed by atoms with van der Waals surface area (Å²) in [6.07, 6.45) is 4.18. The van der Waals surface area contributed by atoms with Crippen LogP contribution in [0.4, 0.5) is 0 Å². The molecule has 0 radical (unpaired) electrons. The van der Waals surface area contributed by atoms with Gasteiger partial charge in [0, 0.05) is 35.8 Å². The van der Waals surface area contributed by atoms with E-state index in [0.29, 0.717) is 5.92 Å². The highest BCUT2D eigenvalue weighted by atomic mass is 35.5. The van der Waals surface area contributed by atoms with Crippen molar-refractivity contribution in [2.75, 3.05) is 18.8 Å². The zero-order valence-electron chi connectivity index (χ0n) is 16.6. The average molecular weight is 429 g/mol. The Morgan fingerprint density at radius 3 is 2.86 bits per heavy atom. The Morgan fingerprint density at radius 1 is 1.24 bits per heavy atom. The zero-order chi connectivity index (χ0) is 20.2. The first-order valence-electron chi connectivity index (χ1n) is 9.84. The summed E-state index contributed by atoms with van der Waals surface area (Å²) < 4.78 is 8.23. The number of nitrogens with zero attached hydrogens (tertiary/aromatic N) is 4. The molecule has 1 fully saturated rings. The predicted octanol–water partition coefficient (Wildman–Crippen LogP) is 5.39. The second-order valence-electron chi connectivity index (χ2n) is 7.35. The number of piperidine rings is 1. The van der Waals surface area contributed by atoms with Crippen molar-refractivity contribution >= 4 is 23.4 Å². The number of hydrogen-bond donors (Lipinski definition) is 0. The van der Waals surface area contributed by atoms with Gasteiger partial charge in [-0.1, -0.05) is 29.4 Å². The van der Waals surface area contributed by atoms with Crippen LogP contribution in [-0.2, 0) is 13.6 Å². The third-order valence-electron chi connectivity index (χ3n) is 5.24. The van der Waals surface area contributed by atoms with E-state index < -0.39 is 0 Å². The van der Waals surface area contributed by atoms with Crippen molar-refractivity contribution in [3.63, 3.8) is 0 Å². The zero-order valence-corrected chi connectivity index (χ0v) is 18.1. The number of furan rings is 1. The molecule has 4 rings (SSSR count). The molecule has 0 saturated carbocycles. The molecule has 1 atom stereocenters. The van der Waals surface area contributed by atoms with E-state index in [4.69, 9.17) is 16.0 Å². The van der Waals surface area contributed by atoms with Crippen LogP contribution >= 0.6 is 23.4 Å². The second-order valence-corrected chi connectivity index (χ2v) is 8.77. The van der Waals surface area contributed by atoms with Gasteiger partial charge in [0.25, 0.3) is 0 Å². The highest BCUT2D eigenvalue weighted by molar-refractivity contribution is 7.99. The monoisotopic (exact) mass is 428 g/mol. The summed E-state index contributed by atoms with van der Waals surface area (Å²) in [5.41, 5.74) is 1.04. The first kappa shape index (κ1) is 20.3. The van der Waals surface area contributed by atoms with Crippen molar-refractivity contribution in [1.82, 2.24) is 19.7 Å². The molecule has 5 nitrogen and oxygen atoms in total. The van der Waals surface area contributed by atoms with E-state index in [2.05, 4.69) is 39.4 Å². The van der Waals surface area contributed by atoms with Crippen LogP contribution in [0.3, 0.4) is 0 Å². The van der Waals surface area contributed by atoms with E-state index in [1.165, 1.54) is 0 Å². The van der Waals surface area contributed by atoms with Crippen LogP contribution in [0, 0.1) is 0 Å². The fourth-order valence-electron chi connectivity index (χ4n) is 3.80. The Morgan fingerprint density at radius 2 is 2.07 bits per heavy atom. The quantitative estimate of drug-likeness (QED) is 0.373. The van der Waals surface area contributed by atoms with Gasteiger partial charge in [0.15, 0.2) is 5.16 Å². The van der Waals surface area contributed by atoms with Gasteiger partial charge >= 0.3 is 0 Å². The number of halogens is 1. The summed E-state index contributed by atoms with van der Waals surface area (Å²) in [7, 11) is 2.06. The van der Waals surface area contributed by atoms with Crippen molar-refractivity contribution in [1.29, 1.82) is 0 Å². The van der Waals surface area contributed by atoms with Gasteiger partial charge in [-0.25, -0.2) is 0 Å². The molecule has 1 aromatic carbocycles. The van der Waals surface area contributed by atoms with Gasteiger partial charge < -0.3 is 8.98 Å². The van der Waals surface area contributed by atoms with Crippen LogP contribution in [0.25, 0.3) is 11.3 Å². The first-order valence-corrected chi connectivity index (χ1v) is 11.2. The Balaban J connectivity index is 1.41. The lowest BCUT2D eigenvalue weighted by atomic mass is 9.97. The van der Waals surface area contributed by atoms with E-state index in [9.17, 15) is 0 Å². The maximum Gasteiger partial charge on any atom is 0.191 e. The Labute approximate surface area is 180 Å². The van der Waals surface area contributed by atoms with Crippen LogP contribution in [0.5, 0.6) is 0 Å². The molecule has 1 aliphatic rings. The topological polar surface area (TPSA) is 47.1 Å². The van der Waals surface area contributed by atoms with Gasteiger partial charge in [-0.05, 0) is 55.8 Å². The van der Waals surface area contributed by atoms with Crippen molar-refractivity contribution in [3.8, 4) is 11.3 Å². The molecule has 0 spiro atoms. The summed E-state index contributed by atoms with van der Waals surface area (Å²) in [5.74, 6) is 4.17. The Kier molecular flexibility index (Phi) is 6.43. The SMILES string of the molecule is C=CCSc1nnc(C2CCCN(Cc3ccc(-c4ccc(Cl)cc4)o3)C2)n1C. The molecule has 152 valence electrons. The summed E-state index contributed by atoms with van der Waals surface area (Å²) in [4.78, 5) is 2.45. The molecule has 1 unspecified atom stereocenters. The second kappa shape index (κ2) is 9.20. The minimum absolute atomic E-state index is 0.394. The number of hydrogen-bond acceptors (Lipinski definition) is 5. The average Bonchev–Trinajstić information content (AvgIpc) is 3.34. The summed E-state index contributed by atoms with van der Waals surface area (Å²) in [6, 6.07) is 11.8. The normalized spacial score (nSPS) is 17.5. The summed E-state index contributed by atoms with van der Waals surface area (Å²) in [6.45, 7) is 6.62. The predicted molar refractivity (Wildman–Crippen MR) is 118 cm³/mol. The minimum Gasteiger partial charge on any atom is -0.460 e. The Hall–Kier alpha value is -2.02. The molecular formula is C22H25ClN4OS. The molecule has 0 aliphatic carbocycles. The van der Waals surface area contributed by atoms with E-state index in [1.807, 2.05) is 36.4 Å². The number of benzene rings is 1. The van der Waals surface area contributed by atoms with Crippen LogP contribution in [0.1, 0.15) is 30.3 Å². The van der Waals surface area contributed by atoms with E-state index in [0.717, 1.165) is 71.3 Å². The van der Waals surface area contributed by atoms with Gasteiger partial charge in [-0.15, -0.1) is 16.8 Å². The molecule has 0 bridgehead atoms. The molecule has 7 heteroatoms. The van der Waals surface area contributed by atoms with E-state index in [-0.39, 0.29) is 0 Å². The summed E-state index contributed by atoms with van der Waals surface area (Å²) >= 11 is 7.65. The molecule has 29 heavy (non-hydrogen) atoms. The molecule has 0 N–H and O–H groups in total. The summed E-state index contributed by atoms with van der Waals surface area (Å²) in [5, 5.41) is 10.5. The molecule has 1 saturated heterocycles. The number of thioether (sulfide) groups is 1. The lowest BCUT2D eigenvalue weighted by molar-refractivity contribution is 0.182. The standard InChI is InChI=1S/C22H25ClN4OS/c1-3-13-29-22-25-24-21(26(22)2)17-5-4-12-27(14-17)15-19-10-11-20(28-19)16-6-8-18(23)9-7-16/h3,6-11,17H,1,4-5,12-15H2,2H3. The third-order valence-corrected chi connectivity index (χ3v) is 6.51. The van der Waals surface area contributed by atoms with Crippen LogP contribution in [-0.4, -0.2) is 38.5 Å². The van der Waals surface area contributed by atoms with Gasteiger partial charge in [0.2, 0.25) is 0 Å². The van der Waals surface area contributed by atoms with Gasteiger partial charge in [-0.3, -0.25) is 4.90 Å². The van der Waals surface area contributed by atoms with Crippen molar-refractivity contribution in [3.05, 3.63) is 65.7 Å². The lowest BCUT2D eigenvalue weighted by Crippen LogP contribution is -2.34. The van der Waals surface area contributed by atoms with Crippen LogP contribution in [0.2, 0.25) is 5.02 Å². The molecular weight excluding hydrogens is 404 g/mol. The molecule has 3 aromatic rings. The van der Waals surface area contributed by atoms with Crippen molar-refractivity contribution < 1.29 is 4.42 Å². The largest absolute Gasteiger partial charge is 0.460 e. The minimum atomic E-state index is 0.394. The molecule has 1 aliphatic heterocycles. The molecule has 0 amide bonds. The third kappa shape index (κ3) is 4.77. The van der Waals surface area contributed by atoms with Crippen LogP contribution in [0.15, 0.2) is 58.6 Å². The first-order chi connectivity index (χ1) is 14.1. The van der Waals surface area contributed by atoms with E-state index >= 15 is 0 Å². The fourth-order valence-corrected chi connectivity index (χ4v) is 4.58. The molecule has 2 aromatic heterocycles. The maximum atomic E-state index is 6.09. The van der Waals surface area contributed by atoms with Crippen molar-refractivity contribution in [2.24, 2.45) is 7.05 Å². The van der Waals surface area contributed by atoms with Crippen LogP contribution < -0.4 is 0 Å². The maximum absolute atomic E-state index is 6.09. The highest BCUT2D eigenvalue weighted by Crippen LogP contribution is 2.30. The van der Waals surface area contributed by atoms with Gasteiger partial charge in [-0.2, -0.15) is 0 Å². The Bertz CT molecular complexity index is 966. The number of rotatable bonds is 7. The van der Waals surface area contributed by atoms with Gasteiger partial charge in [0.05, 0.1) is 6.54 Å². The highest BCUT2D eigenvalue weighted by Gasteiger charge is 2.26. The van der Waals surface area contributed by atoms with Crippen molar-refractivity contribution in [2.45, 2.75) is 30.5 Å². The van der Waals surface area contributed by atoms with Gasteiger partial charge in [0.1, 0.15) is 17.3 Å². The number of likely N-dealkylation sites (tertiary alicyclic amines) is 1. The number of aromatic nitrogens is 3. The lowest BCUT2D eigenvalue weighted by Gasteiger charge is -2.31.